The van der Waals surface area contributed by atoms with Gasteiger partial charge in [0.15, 0.2) is 0 Å². The van der Waals surface area contributed by atoms with E-state index in [4.69, 9.17) is 0 Å². The van der Waals surface area contributed by atoms with E-state index in [2.05, 4.69) is 52.0 Å². The van der Waals surface area contributed by atoms with Crippen LogP contribution in [0.3, 0.4) is 0 Å². The van der Waals surface area contributed by atoms with E-state index in [1.54, 1.807) is 0 Å². The van der Waals surface area contributed by atoms with Crippen LogP contribution in [0.2, 0.25) is 0 Å². The van der Waals surface area contributed by atoms with Gasteiger partial charge in [0, 0.05) is 4.90 Å². The van der Waals surface area contributed by atoms with E-state index in [9.17, 15) is 0 Å². The molecule has 0 aliphatic carbocycles. The molecule has 0 aliphatic rings. The number of hydrogen-bond donors (Lipinski definition) is 0. The lowest BCUT2D eigenvalue weighted by Gasteiger charge is -2.20. The third kappa shape index (κ3) is 3.75. The highest BCUT2D eigenvalue weighted by Gasteiger charge is 2.13. The summed E-state index contributed by atoms with van der Waals surface area (Å²) in [4.78, 5) is 1.45. The van der Waals surface area contributed by atoms with Crippen molar-refractivity contribution in [2.45, 2.75) is 39.0 Å². The molecule has 14 heavy (non-hydrogen) atoms. The van der Waals surface area contributed by atoms with Crippen LogP contribution in [0.1, 0.15) is 33.3 Å². The number of hydrogen-bond acceptors (Lipinski definition) is 1. The van der Waals surface area contributed by atoms with Crippen LogP contribution in [-0.2, 0) is 6.42 Å². The molecule has 0 nitrogen and oxygen atoms in total. The molecule has 0 fully saturated rings. The van der Waals surface area contributed by atoms with Gasteiger partial charge >= 0.3 is 0 Å². The quantitative estimate of drug-likeness (QED) is 0.664. The summed E-state index contributed by atoms with van der Waals surface area (Å²) >= 11 is 1.94. The van der Waals surface area contributed by atoms with E-state index in [0.29, 0.717) is 5.41 Å². The minimum atomic E-state index is 0.379. The van der Waals surface area contributed by atoms with Crippen molar-refractivity contribution in [3.63, 3.8) is 0 Å². The van der Waals surface area contributed by atoms with Gasteiger partial charge in [-0.1, -0.05) is 45.9 Å². The lowest BCUT2D eigenvalue weighted by atomic mass is 9.88. The fourth-order valence-corrected chi connectivity index (χ4v) is 2.33. The largest absolute Gasteiger partial charge is 0.126 e. The second kappa shape index (κ2) is 4.88. The van der Waals surface area contributed by atoms with Gasteiger partial charge in [0.2, 0.25) is 0 Å². The summed E-state index contributed by atoms with van der Waals surface area (Å²) in [6.07, 6.45) is 1.16. The molecule has 0 N–H and O–H groups in total. The Hall–Kier alpha value is -0.430. The summed E-state index contributed by atoms with van der Waals surface area (Å²) < 4.78 is 0. The molecule has 1 aromatic carbocycles. The van der Waals surface area contributed by atoms with Crippen LogP contribution < -0.4 is 0 Å². The van der Waals surface area contributed by atoms with E-state index in [-0.39, 0.29) is 0 Å². The summed E-state index contributed by atoms with van der Waals surface area (Å²) in [6.45, 7) is 9.08. The van der Waals surface area contributed by atoms with Gasteiger partial charge in [-0.3, -0.25) is 0 Å². The second-order valence-electron chi connectivity index (χ2n) is 4.78. The molecule has 0 aliphatic heterocycles. The minimum absolute atomic E-state index is 0.379. The van der Waals surface area contributed by atoms with Gasteiger partial charge in [-0.25, -0.2) is 0 Å². The first-order chi connectivity index (χ1) is 6.53. The van der Waals surface area contributed by atoms with Crippen LogP contribution in [0.5, 0.6) is 0 Å². The van der Waals surface area contributed by atoms with E-state index in [1.165, 1.54) is 10.5 Å². The molecule has 0 bridgehead atoms. The third-order valence-corrected chi connectivity index (χ3v) is 2.99. The molecule has 0 unspecified atom stereocenters. The van der Waals surface area contributed by atoms with Crippen LogP contribution in [0, 0.1) is 5.41 Å². The summed E-state index contributed by atoms with van der Waals surface area (Å²) in [7, 11) is 0. The second-order valence-corrected chi connectivity index (χ2v) is 6.08. The number of benzene rings is 1. The lowest BCUT2D eigenvalue weighted by molar-refractivity contribution is 0.408. The van der Waals surface area contributed by atoms with Crippen LogP contribution in [-0.4, -0.2) is 5.75 Å². The first-order valence-electron chi connectivity index (χ1n) is 5.23. The predicted molar refractivity (Wildman–Crippen MR) is 66.0 cm³/mol. The lowest BCUT2D eigenvalue weighted by Crippen LogP contribution is -2.09. The van der Waals surface area contributed by atoms with Gasteiger partial charge in [-0.15, -0.1) is 11.8 Å². The maximum Gasteiger partial charge on any atom is 0.0104 e. The van der Waals surface area contributed by atoms with E-state index in [1.807, 2.05) is 11.8 Å². The van der Waals surface area contributed by atoms with Crippen molar-refractivity contribution in [3.8, 4) is 0 Å². The molecule has 1 heteroatoms. The smallest absolute Gasteiger partial charge is 0.0104 e. The number of rotatable bonds is 3. The van der Waals surface area contributed by atoms with Gasteiger partial charge in [0.1, 0.15) is 0 Å². The molecule has 0 saturated carbocycles. The van der Waals surface area contributed by atoms with Gasteiger partial charge in [-0.05, 0) is 29.2 Å². The Labute approximate surface area is 92.1 Å². The van der Waals surface area contributed by atoms with Crippen LogP contribution in [0.25, 0.3) is 0 Å². The Bertz CT molecular complexity index is 284. The zero-order valence-electron chi connectivity index (χ0n) is 9.63. The molecule has 1 rings (SSSR count). The maximum absolute atomic E-state index is 2.29. The molecule has 0 spiro atoms. The Morgan fingerprint density at radius 3 is 2.36 bits per heavy atom. The molecule has 0 saturated heterocycles. The average Bonchev–Trinajstić information content (AvgIpc) is 2.06. The first kappa shape index (κ1) is 11.6. The molecule has 78 valence electrons. The Kier molecular flexibility index (Phi) is 4.06. The van der Waals surface area contributed by atoms with Gasteiger partial charge in [-0.2, -0.15) is 0 Å². The van der Waals surface area contributed by atoms with Crippen molar-refractivity contribution in [1.82, 2.24) is 0 Å². The summed E-state index contributed by atoms with van der Waals surface area (Å²) in [5, 5.41) is 0. The summed E-state index contributed by atoms with van der Waals surface area (Å²) in [5.41, 5.74) is 1.87. The fourth-order valence-electron chi connectivity index (χ4n) is 1.52. The average molecular weight is 208 g/mol. The van der Waals surface area contributed by atoms with E-state index >= 15 is 0 Å². The van der Waals surface area contributed by atoms with E-state index < -0.39 is 0 Å². The van der Waals surface area contributed by atoms with Crippen molar-refractivity contribution < 1.29 is 0 Å². The Morgan fingerprint density at radius 2 is 1.79 bits per heavy atom. The van der Waals surface area contributed by atoms with Crippen molar-refractivity contribution in [3.05, 3.63) is 29.8 Å². The van der Waals surface area contributed by atoms with Crippen molar-refractivity contribution in [1.29, 1.82) is 0 Å². The third-order valence-electron chi connectivity index (χ3n) is 1.99. The standard InChI is InChI=1S/C13H20S/c1-5-14-12-9-7-6-8-11(12)10-13(2,3)4/h6-9H,5,10H2,1-4H3. The first-order valence-corrected chi connectivity index (χ1v) is 6.22. The van der Waals surface area contributed by atoms with Gasteiger partial charge in [0.05, 0.1) is 0 Å². The fraction of sp³-hybridized carbons (Fsp3) is 0.538. The Balaban J connectivity index is 2.84. The predicted octanol–water partition coefficient (Wildman–Crippen LogP) is 4.39. The molecule has 0 aromatic heterocycles. The molecule has 1 aromatic rings. The SMILES string of the molecule is CCSc1ccccc1CC(C)(C)C. The molecule has 0 radical (unpaired) electrons. The zero-order valence-corrected chi connectivity index (χ0v) is 10.4. The molecular formula is C13H20S. The molecular weight excluding hydrogens is 188 g/mol. The summed E-state index contributed by atoms with van der Waals surface area (Å²) in [6, 6.07) is 8.75. The van der Waals surface area contributed by atoms with Crippen molar-refractivity contribution in [2.24, 2.45) is 5.41 Å². The highest BCUT2D eigenvalue weighted by atomic mass is 32.2. The normalized spacial score (nSPS) is 11.7. The van der Waals surface area contributed by atoms with E-state index in [0.717, 1.165) is 12.2 Å². The molecule has 0 amide bonds. The van der Waals surface area contributed by atoms with Crippen LogP contribution in [0.4, 0.5) is 0 Å². The molecule has 0 heterocycles. The zero-order chi connectivity index (χ0) is 10.6. The highest BCUT2D eigenvalue weighted by Crippen LogP contribution is 2.28. The van der Waals surface area contributed by atoms with Gasteiger partial charge < -0.3 is 0 Å². The van der Waals surface area contributed by atoms with Crippen molar-refractivity contribution in [2.75, 3.05) is 5.75 Å². The van der Waals surface area contributed by atoms with Crippen LogP contribution in [0.15, 0.2) is 29.2 Å². The monoisotopic (exact) mass is 208 g/mol. The maximum atomic E-state index is 2.29. The highest BCUT2D eigenvalue weighted by molar-refractivity contribution is 7.99. The van der Waals surface area contributed by atoms with Gasteiger partial charge in [0.25, 0.3) is 0 Å². The number of thioether (sulfide) groups is 1. The topological polar surface area (TPSA) is 0 Å². The Morgan fingerprint density at radius 1 is 1.14 bits per heavy atom. The summed E-state index contributed by atoms with van der Waals surface area (Å²) in [5.74, 6) is 1.15. The minimum Gasteiger partial charge on any atom is -0.126 e. The molecule has 0 atom stereocenters. The van der Waals surface area contributed by atoms with Crippen molar-refractivity contribution >= 4 is 11.8 Å². The van der Waals surface area contributed by atoms with Crippen LogP contribution >= 0.6 is 11.8 Å².